The molecule has 3 rings (SSSR count). The van der Waals surface area contributed by atoms with E-state index in [-0.39, 0.29) is 30.7 Å². The van der Waals surface area contributed by atoms with Crippen molar-refractivity contribution in [1.29, 1.82) is 0 Å². The van der Waals surface area contributed by atoms with E-state index < -0.39 is 11.6 Å². The van der Waals surface area contributed by atoms with Gasteiger partial charge in [-0.05, 0) is 61.8 Å². The molecule has 0 bridgehead atoms. The number of hydrogen-bond donors (Lipinski definition) is 1. The maximum absolute atomic E-state index is 13.5. The number of rotatable bonds is 6. The second kappa shape index (κ2) is 7.92. The predicted octanol–water partition coefficient (Wildman–Crippen LogP) is 3.11. The molecule has 2 aliphatic rings. The molecule has 0 spiro atoms. The highest BCUT2D eigenvalue weighted by Gasteiger charge is 2.26. The van der Waals surface area contributed by atoms with E-state index in [1.54, 1.807) is 4.90 Å². The van der Waals surface area contributed by atoms with Crippen LogP contribution in [0.25, 0.3) is 0 Å². The maximum atomic E-state index is 13.5. The average Bonchev–Trinajstić information content (AvgIpc) is 3.41. The largest absolute Gasteiger partial charge is 0.378 e. The third-order valence-electron chi connectivity index (χ3n) is 4.67. The van der Waals surface area contributed by atoms with Crippen molar-refractivity contribution in [2.45, 2.75) is 38.2 Å². The van der Waals surface area contributed by atoms with Crippen LogP contribution in [0.15, 0.2) is 18.2 Å². The number of carbonyl (C=O) groups excluding carboxylic acids is 1. The number of benzene rings is 1. The minimum absolute atomic E-state index is 0.146. The molecule has 2 fully saturated rings. The molecule has 1 N–H and O–H groups in total. The number of nitrogens with zero attached hydrogens (tertiary/aromatic N) is 1. The summed E-state index contributed by atoms with van der Waals surface area (Å²) < 4.78 is 32.5. The SMILES string of the molecule is O=C(NCCc1cc(F)ccc1F)N1CCC(OCC2CC2)CC1. The van der Waals surface area contributed by atoms with Crippen LogP contribution in [0.4, 0.5) is 13.6 Å². The van der Waals surface area contributed by atoms with E-state index in [9.17, 15) is 13.6 Å². The van der Waals surface area contributed by atoms with E-state index >= 15 is 0 Å². The maximum Gasteiger partial charge on any atom is 0.317 e. The zero-order chi connectivity index (χ0) is 16.9. The molecule has 24 heavy (non-hydrogen) atoms. The molecule has 1 heterocycles. The first-order valence-corrected chi connectivity index (χ1v) is 8.70. The lowest BCUT2D eigenvalue weighted by molar-refractivity contribution is 0.00950. The molecule has 1 saturated carbocycles. The van der Waals surface area contributed by atoms with Crippen molar-refractivity contribution in [3.63, 3.8) is 0 Å². The second-order valence-electron chi connectivity index (χ2n) is 6.68. The number of halogens is 2. The van der Waals surface area contributed by atoms with E-state index in [1.807, 2.05) is 0 Å². The Kier molecular flexibility index (Phi) is 5.66. The molecule has 1 aromatic rings. The van der Waals surface area contributed by atoms with Gasteiger partial charge in [-0.1, -0.05) is 0 Å². The molecule has 1 aromatic carbocycles. The number of nitrogens with one attached hydrogen (secondary N) is 1. The minimum atomic E-state index is -0.467. The molecular formula is C18H24F2N2O2. The van der Waals surface area contributed by atoms with Crippen molar-refractivity contribution < 1.29 is 18.3 Å². The van der Waals surface area contributed by atoms with Crippen LogP contribution in [0.2, 0.25) is 0 Å². The predicted molar refractivity (Wildman–Crippen MR) is 86.7 cm³/mol. The number of likely N-dealkylation sites (tertiary alicyclic amines) is 1. The summed E-state index contributed by atoms with van der Waals surface area (Å²) in [6, 6.07) is 3.23. The van der Waals surface area contributed by atoms with Crippen LogP contribution in [0.1, 0.15) is 31.2 Å². The fourth-order valence-electron chi connectivity index (χ4n) is 2.93. The van der Waals surface area contributed by atoms with Gasteiger partial charge in [-0.25, -0.2) is 13.6 Å². The highest BCUT2D eigenvalue weighted by molar-refractivity contribution is 5.74. The van der Waals surface area contributed by atoms with Gasteiger partial charge >= 0.3 is 6.03 Å². The first kappa shape index (κ1) is 17.1. The third-order valence-corrected chi connectivity index (χ3v) is 4.67. The van der Waals surface area contributed by atoms with Crippen LogP contribution in [0.3, 0.4) is 0 Å². The van der Waals surface area contributed by atoms with Crippen LogP contribution in [-0.4, -0.2) is 43.3 Å². The van der Waals surface area contributed by atoms with Crippen LogP contribution >= 0.6 is 0 Å². The summed E-state index contributed by atoms with van der Waals surface area (Å²) in [5.41, 5.74) is 0.280. The van der Waals surface area contributed by atoms with Crippen molar-refractivity contribution in [2.24, 2.45) is 5.92 Å². The number of carbonyl (C=O) groups is 1. The van der Waals surface area contributed by atoms with Crippen molar-refractivity contribution in [2.75, 3.05) is 26.2 Å². The number of piperidine rings is 1. The molecule has 132 valence electrons. The topological polar surface area (TPSA) is 41.6 Å². The van der Waals surface area contributed by atoms with Gasteiger partial charge in [0, 0.05) is 26.2 Å². The van der Waals surface area contributed by atoms with E-state index in [0.717, 1.165) is 37.5 Å². The van der Waals surface area contributed by atoms with Gasteiger partial charge in [-0.2, -0.15) is 0 Å². The Morgan fingerprint density at radius 2 is 1.96 bits per heavy atom. The minimum Gasteiger partial charge on any atom is -0.378 e. The Hall–Kier alpha value is -1.69. The van der Waals surface area contributed by atoms with Gasteiger partial charge in [0.25, 0.3) is 0 Å². The van der Waals surface area contributed by atoms with Crippen LogP contribution in [-0.2, 0) is 11.2 Å². The van der Waals surface area contributed by atoms with Crippen LogP contribution in [0, 0.1) is 17.6 Å². The molecule has 4 nitrogen and oxygen atoms in total. The molecule has 1 aliphatic carbocycles. The van der Waals surface area contributed by atoms with Crippen molar-refractivity contribution in [3.8, 4) is 0 Å². The highest BCUT2D eigenvalue weighted by atomic mass is 19.1. The van der Waals surface area contributed by atoms with Gasteiger partial charge < -0.3 is 15.0 Å². The molecule has 2 amide bonds. The summed E-state index contributed by atoms with van der Waals surface area (Å²) in [5.74, 6) is -0.153. The Morgan fingerprint density at radius 3 is 2.67 bits per heavy atom. The lowest BCUT2D eigenvalue weighted by Gasteiger charge is -2.32. The van der Waals surface area contributed by atoms with Crippen LogP contribution < -0.4 is 5.32 Å². The molecular weight excluding hydrogens is 314 g/mol. The van der Waals surface area contributed by atoms with Crippen molar-refractivity contribution in [1.82, 2.24) is 10.2 Å². The van der Waals surface area contributed by atoms with E-state index in [2.05, 4.69) is 5.32 Å². The summed E-state index contributed by atoms with van der Waals surface area (Å²) in [4.78, 5) is 13.9. The summed E-state index contributed by atoms with van der Waals surface area (Å²) >= 11 is 0. The molecule has 0 unspecified atom stereocenters. The van der Waals surface area contributed by atoms with Gasteiger partial charge in [0.2, 0.25) is 0 Å². The lowest BCUT2D eigenvalue weighted by atomic mass is 10.1. The number of hydrogen-bond acceptors (Lipinski definition) is 2. The first-order chi connectivity index (χ1) is 11.6. The quantitative estimate of drug-likeness (QED) is 0.866. The monoisotopic (exact) mass is 338 g/mol. The number of ether oxygens (including phenoxy) is 1. The fraction of sp³-hybridized carbons (Fsp3) is 0.611. The Labute approximate surface area is 141 Å². The molecule has 1 saturated heterocycles. The van der Waals surface area contributed by atoms with E-state index in [0.29, 0.717) is 13.1 Å². The normalized spacial score (nSPS) is 18.7. The molecule has 6 heteroatoms. The fourth-order valence-corrected chi connectivity index (χ4v) is 2.93. The van der Waals surface area contributed by atoms with Crippen molar-refractivity contribution >= 4 is 6.03 Å². The van der Waals surface area contributed by atoms with Crippen molar-refractivity contribution in [3.05, 3.63) is 35.4 Å². The zero-order valence-electron chi connectivity index (χ0n) is 13.8. The van der Waals surface area contributed by atoms with Gasteiger partial charge in [0.05, 0.1) is 6.10 Å². The second-order valence-corrected chi connectivity index (χ2v) is 6.68. The smallest absolute Gasteiger partial charge is 0.317 e. The molecule has 0 radical (unpaired) electrons. The number of amides is 2. The van der Waals surface area contributed by atoms with Gasteiger partial charge in [0.15, 0.2) is 0 Å². The highest BCUT2D eigenvalue weighted by Crippen LogP contribution is 2.30. The molecule has 1 aliphatic heterocycles. The zero-order valence-corrected chi connectivity index (χ0v) is 13.8. The van der Waals surface area contributed by atoms with Gasteiger partial charge in [-0.3, -0.25) is 0 Å². The van der Waals surface area contributed by atoms with Gasteiger partial charge in [-0.15, -0.1) is 0 Å². The van der Waals surface area contributed by atoms with Gasteiger partial charge in [0.1, 0.15) is 11.6 Å². The Bertz CT molecular complexity index is 570. The average molecular weight is 338 g/mol. The number of urea groups is 1. The van der Waals surface area contributed by atoms with Crippen LogP contribution in [0.5, 0.6) is 0 Å². The third kappa shape index (κ3) is 4.90. The standard InChI is InChI=1S/C18H24F2N2O2/c19-15-3-4-17(20)14(11-15)5-8-21-18(23)22-9-6-16(7-10-22)24-12-13-1-2-13/h3-4,11,13,16H,1-2,5-10,12H2,(H,21,23). The Morgan fingerprint density at radius 1 is 1.21 bits per heavy atom. The summed E-state index contributed by atoms with van der Waals surface area (Å²) in [7, 11) is 0. The Balaban J connectivity index is 1.35. The summed E-state index contributed by atoms with van der Waals surface area (Å²) in [6.45, 7) is 2.50. The van der Waals surface area contributed by atoms with E-state index in [1.165, 1.54) is 18.9 Å². The summed E-state index contributed by atoms with van der Waals surface area (Å²) in [6.07, 6.45) is 4.82. The molecule has 0 aromatic heterocycles. The van der Waals surface area contributed by atoms with E-state index in [4.69, 9.17) is 4.74 Å². The summed E-state index contributed by atoms with van der Waals surface area (Å²) in [5, 5.41) is 2.78. The first-order valence-electron chi connectivity index (χ1n) is 8.70. The lowest BCUT2D eigenvalue weighted by Crippen LogP contribution is -2.46. The molecule has 0 atom stereocenters.